The Balaban J connectivity index is 1.26. The molecule has 32 heavy (non-hydrogen) atoms. The summed E-state index contributed by atoms with van der Waals surface area (Å²) in [5, 5.41) is 4.39. The van der Waals surface area contributed by atoms with Crippen LogP contribution in [0.25, 0.3) is 11.3 Å². The van der Waals surface area contributed by atoms with Crippen molar-refractivity contribution in [2.24, 2.45) is 5.92 Å². The first-order chi connectivity index (χ1) is 15.6. The Labute approximate surface area is 187 Å². The summed E-state index contributed by atoms with van der Waals surface area (Å²) in [7, 11) is 0. The number of rotatable bonds is 7. The summed E-state index contributed by atoms with van der Waals surface area (Å²) in [5.74, 6) is 0.453. The quantitative estimate of drug-likeness (QED) is 0.558. The van der Waals surface area contributed by atoms with E-state index in [0.29, 0.717) is 31.0 Å². The van der Waals surface area contributed by atoms with Gasteiger partial charge in [-0.2, -0.15) is 5.10 Å². The third kappa shape index (κ3) is 5.69. The smallest absolute Gasteiger partial charge is 0.266 e. The molecule has 0 bridgehead atoms. The average molecular weight is 434 g/mol. The molecule has 1 aliphatic rings. The van der Waals surface area contributed by atoms with Gasteiger partial charge >= 0.3 is 0 Å². The van der Waals surface area contributed by atoms with Crippen molar-refractivity contribution in [3.8, 4) is 11.3 Å². The lowest BCUT2D eigenvalue weighted by Gasteiger charge is -2.32. The number of amides is 1. The van der Waals surface area contributed by atoms with Gasteiger partial charge in [-0.15, -0.1) is 0 Å². The maximum atomic E-state index is 13.1. The zero-order valence-corrected chi connectivity index (χ0v) is 18.1. The molecule has 1 fully saturated rings. The molecule has 2 heterocycles. The summed E-state index contributed by atoms with van der Waals surface area (Å²) >= 11 is 0. The Morgan fingerprint density at radius 3 is 2.41 bits per heavy atom. The number of hydrogen-bond donors (Lipinski definition) is 0. The van der Waals surface area contributed by atoms with Crippen LogP contribution in [0.5, 0.6) is 0 Å². The summed E-state index contributed by atoms with van der Waals surface area (Å²) in [6, 6.07) is 19.6. The van der Waals surface area contributed by atoms with E-state index in [1.807, 2.05) is 11.0 Å². The summed E-state index contributed by atoms with van der Waals surface area (Å²) in [4.78, 5) is 26.8. The molecule has 4 rings (SSSR count). The van der Waals surface area contributed by atoms with Crippen LogP contribution in [0.1, 0.15) is 31.2 Å². The number of likely N-dealkylation sites (tertiary alicyclic amines) is 1. The number of nitrogens with zero attached hydrogens (tertiary/aromatic N) is 3. The van der Waals surface area contributed by atoms with Gasteiger partial charge in [0.25, 0.3) is 5.56 Å². The van der Waals surface area contributed by atoms with Gasteiger partial charge in [-0.25, -0.2) is 9.07 Å². The molecule has 6 heteroatoms. The molecule has 1 saturated heterocycles. The zero-order valence-electron chi connectivity index (χ0n) is 18.1. The van der Waals surface area contributed by atoms with E-state index in [4.69, 9.17) is 0 Å². The van der Waals surface area contributed by atoms with Crippen LogP contribution in [-0.2, 0) is 17.8 Å². The number of hydrogen-bond acceptors (Lipinski definition) is 3. The first kappa shape index (κ1) is 21.9. The summed E-state index contributed by atoms with van der Waals surface area (Å²) in [5.41, 5.74) is 2.51. The minimum Gasteiger partial charge on any atom is -0.343 e. The number of carbonyl (C=O) groups is 1. The van der Waals surface area contributed by atoms with Crippen LogP contribution >= 0.6 is 0 Å². The van der Waals surface area contributed by atoms with Gasteiger partial charge in [0, 0.05) is 37.7 Å². The van der Waals surface area contributed by atoms with Gasteiger partial charge in [0.15, 0.2) is 0 Å². The molecule has 0 aliphatic carbocycles. The first-order valence-electron chi connectivity index (χ1n) is 11.2. The second-order valence-corrected chi connectivity index (χ2v) is 8.40. The number of aromatic nitrogens is 2. The molecule has 0 atom stereocenters. The topological polar surface area (TPSA) is 55.2 Å². The van der Waals surface area contributed by atoms with Crippen LogP contribution in [0.15, 0.2) is 71.5 Å². The Kier molecular flexibility index (Phi) is 7.10. The van der Waals surface area contributed by atoms with Crippen LogP contribution in [0.4, 0.5) is 4.39 Å². The van der Waals surface area contributed by atoms with E-state index in [0.717, 1.165) is 37.9 Å². The van der Waals surface area contributed by atoms with Crippen molar-refractivity contribution >= 4 is 5.91 Å². The van der Waals surface area contributed by atoms with Crippen LogP contribution in [0, 0.1) is 11.7 Å². The largest absolute Gasteiger partial charge is 0.343 e. The average Bonchev–Trinajstić information content (AvgIpc) is 2.82. The molecule has 3 aromatic rings. The van der Waals surface area contributed by atoms with Crippen molar-refractivity contribution in [1.82, 2.24) is 14.7 Å². The van der Waals surface area contributed by atoms with E-state index in [1.165, 1.54) is 28.4 Å². The fraction of sp³-hybridized carbons (Fsp3) is 0.346. The molecular weight excluding hydrogens is 405 g/mol. The number of aryl methyl sites for hydroxylation is 1. The molecule has 0 spiro atoms. The van der Waals surface area contributed by atoms with E-state index in [2.05, 4.69) is 29.4 Å². The second-order valence-electron chi connectivity index (χ2n) is 8.40. The van der Waals surface area contributed by atoms with Crippen LogP contribution in [-0.4, -0.2) is 33.7 Å². The number of benzene rings is 2. The Bertz CT molecular complexity index is 1090. The molecule has 166 valence electrons. The van der Waals surface area contributed by atoms with Crippen molar-refractivity contribution in [3.63, 3.8) is 0 Å². The van der Waals surface area contributed by atoms with Crippen molar-refractivity contribution in [3.05, 3.63) is 88.5 Å². The molecule has 5 nitrogen and oxygen atoms in total. The Morgan fingerprint density at radius 2 is 1.69 bits per heavy atom. The minimum absolute atomic E-state index is 0.144. The third-order valence-corrected chi connectivity index (χ3v) is 6.10. The van der Waals surface area contributed by atoms with Crippen molar-refractivity contribution in [1.29, 1.82) is 0 Å². The summed E-state index contributed by atoms with van der Waals surface area (Å²) in [6.07, 6.45) is 4.09. The maximum Gasteiger partial charge on any atom is 0.266 e. The maximum absolute atomic E-state index is 13.1. The molecule has 0 saturated carbocycles. The van der Waals surface area contributed by atoms with E-state index in [-0.39, 0.29) is 17.3 Å². The van der Waals surface area contributed by atoms with Gasteiger partial charge in [0.2, 0.25) is 5.91 Å². The predicted octanol–water partition coefficient (Wildman–Crippen LogP) is 4.31. The molecule has 0 unspecified atom stereocenters. The van der Waals surface area contributed by atoms with Gasteiger partial charge in [-0.1, -0.05) is 30.3 Å². The predicted molar refractivity (Wildman–Crippen MR) is 123 cm³/mol. The fourth-order valence-electron chi connectivity index (χ4n) is 4.26. The van der Waals surface area contributed by atoms with Crippen molar-refractivity contribution < 1.29 is 9.18 Å². The van der Waals surface area contributed by atoms with Gasteiger partial charge in [-0.05, 0) is 67.5 Å². The second kappa shape index (κ2) is 10.4. The monoisotopic (exact) mass is 433 g/mol. The molecule has 1 amide bonds. The van der Waals surface area contributed by atoms with Crippen molar-refractivity contribution in [2.45, 2.75) is 38.6 Å². The SMILES string of the molecule is O=C(CCCn1nc(-c2ccc(F)cc2)ccc1=O)N1CCC(Cc2ccccc2)CC1. The molecule has 0 radical (unpaired) electrons. The molecule has 0 N–H and O–H groups in total. The Hall–Kier alpha value is -3.28. The summed E-state index contributed by atoms with van der Waals surface area (Å²) < 4.78 is 14.5. The van der Waals surface area contributed by atoms with Gasteiger partial charge in [0.1, 0.15) is 5.82 Å². The van der Waals surface area contributed by atoms with Crippen LogP contribution in [0.2, 0.25) is 0 Å². The van der Waals surface area contributed by atoms with Crippen LogP contribution in [0.3, 0.4) is 0 Å². The van der Waals surface area contributed by atoms with Crippen LogP contribution < -0.4 is 5.56 Å². The molecule has 1 aliphatic heterocycles. The highest BCUT2D eigenvalue weighted by Gasteiger charge is 2.22. The number of halogens is 1. The third-order valence-electron chi connectivity index (χ3n) is 6.10. The molecule has 1 aromatic heterocycles. The highest BCUT2D eigenvalue weighted by atomic mass is 19.1. The lowest BCUT2D eigenvalue weighted by molar-refractivity contribution is -0.132. The minimum atomic E-state index is -0.315. The highest BCUT2D eigenvalue weighted by molar-refractivity contribution is 5.76. The normalized spacial score (nSPS) is 14.5. The van der Waals surface area contributed by atoms with Gasteiger partial charge in [-0.3, -0.25) is 9.59 Å². The Morgan fingerprint density at radius 1 is 0.969 bits per heavy atom. The lowest BCUT2D eigenvalue weighted by atomic mass is 9.90. The first-order valence-corrected chi connectivity index (χ1v) is 11.2. The molecule has 2 aromatic carbocycles. The number of piperidine rings is 1. The lowest BCUT2D eigenvalue weighted by Crippen LogP contribution is -2.39. The zero-order chi connectivity index (χ0) is 22.3. The fourth-order valence-corrected chi connectivity index (χ4v) is 4.26. The molecular formula is C26H28FN3O2. The van der Waals surface area contributed by atoms with E-state index in [1.54, 1.807) is 18.2 Å². The van der Waals surface area contributed by atoms with Gasteiger partial charge in [0.05, 0.1) is 5.69 Å². The van der Waals surface area contributed by atoms with E-state index >= 15 is 0 Å². The van der Waals surface area contributed by atoms with E-state index < -0.39 is 0 Å². The van der Waals surface area contributed by atoms with E-state index in [9.17, 15) is 14.0 Å². The standard InChI is InChI=1S/C26H28FN3O2/c27-23-10-8-22(9-11-23)24-12-13-26(32)30(28-24)16-4-7-25(31)29-17-14-21(15-18-29)19-20-5-2-1-3-6-20/h1-3,5-6,8-13,21H,4,7,14-19H2. The van der Waals surface area contributed by atoms with Gasteiger partial charge < -0.3 is 4.90 Å². The summed E-state index contributed by atoms with van der Waals surface area (Å²) in [6.45, 7) is 1.98. The highest BCUT2D eigenvalue weighted by Crippen LogP contribution is 2.22. The van der Waals surface area contributed by atoms with Crippen molar-refractivity contribution in [2.75, 3.05) is 13.1 Å². The number of carbonyl (C=O) groups excluding carboxylic acids is 1.